The first-order valence-electron chi connectivity index (χ1n) is 8.60. The molecule has 2 amide bonds. The van der Waals surface area contributed by atoms with Crippen molar-refractivity contribution in [2.24, 2.45) is 0 Å². The van der Waals surface area contributed by atoms with E-state index in [1.165, 1.54) is 24.3 Å². The number of carbonyl (C=O) groups excluding carboxylic acids is 2. The molecule has 0 bridgehead atoms. The fraction of sp³-hybridized carbons (Fsp3) is 0.300. The van der Waals surface area contributed by atoms with Gasteiger partial charge in [-0.15, -0.1) is 0 Å². The van der Waals surface area contributed by atoms with Crippen molar-refractivity contribution >= 4 is 11.8 Å². The van der Waals surface area contributed by atoms with Crippen molar-refractivity contribution in [1.29, 1.82) is 0 Å². The first kappa shape index (κ1) is 18.0. The number of amides is 2. The Morgan fingerprint density at radius 3 is 2.27 bits per heavy atom. The highest BCUT2D eigenvalue weighted by molar-refractivity contribution is 5.94. The summed E-state index contributed by atoms with van der Waals surface area (Å²) < 4.78 is 26.9. The molecule has 26 heavy (non-hydrogen) atoms. The van der Waals surface area contributed by atoms with Gasteiger partial charge in [0, 0.05) is 38.2 Å². The Labute approximate surface area is 151 Å². The van der Waals surface area contributed by atoms with Gasteiger partial charge in [-0.3, -0.25) is 9.59 Å². The summed E-state index contributed by atoms with van der Waals surface area (Å²) in [5, 5.41) is 0. The number of piperazine rings is 1. The van der Waals surface area contributed by atoms with Crippen LogP contribution in [0.1, 0.15) is 22.3 Å². The molecule has 1 aliphatic rings. The first-order chi connectivity index (χ1) is 12.5. The smallest absolute Gasteiger partial charge is 0.254 e. The van der Waals surface area contributed by atoms with Gasteiger partial charge in [0.15, 0.2) is 0 Å². The van der Waals surface area contributed by atoms with Crippen LogP contribution < -0.4 is 0 Å². The minimum Gasteiger partial charge on any atom is -0.339 e. The molecule has 3 rings (SSSR count). The highest BCUT2D eigenvalue weighted by Crippen LogP contribution is 2.13. The third-order valence-corrected chi connectivity index (χ3v) is 4.56. The van der Waals surface area contributed by atoms with Crippen molar-refractivity contribution in [2.45, 2.75) is 12.8 Å². The summed E-state index contributed by atoms with van der Waals surface area (Å²) in [5.74, 6) is -1.03. The Balaban J connectivity index is 1.51. The van der Waals surface area contributed by atoms with Gasteiger partial charge in [0.05, 0.1) is 0 Å². The van der Waals surface area contributed by atoms with Gasteiger partial charge in [-0.05, 0) is 36.2 Å². The molecule has 4 nitrogen and oxygen atoms in total. The lowest BCUT2D eigenvalue weighted by atomic mass is 10.1. The van der Waals surface area contributed by atoms with E-state index in [1.807, 2.05) is 0 Å². The van der Waals surface area contributed by atoms with Crippen LogP contribution in [0.2, 0.25) is 0 Å². The predicted molar refractivity (Wildman–Crippen MR) is 93.6 cm³/mol. The van der Waals surface area contributed by atoms with E-state index in [2.05, 4.69) is 0 Å². The fourth-order valence-electron chi connectivity index (χ4n) is 3.06. The Kier molecular flexibility index (Phi) is 5.61. The normalized spacial score (nSPS) is 14.4. The number of benzene rings is 2. The Hall–Kier alpha value is -2.76. The number of carbonyl (C=O) groups is 2. The quantitative estimate of drug-likeness (QED) is 0.843. The molecule has 2 aromatic rings. The Morgan fingerprint density at radius 1 is 0.885 bits per heavy atom. The standard InChI is InChI=1S/C20H20F2N2O2/c21-17-6-3-5-16(14-17)20(26)24-12-10-23(11-13-24)19(25)9-8-15-4-1-2-7-18(15)22/h1-7,14H,8-13H2. The van der Waals surface area contributed by atoms with Crippen LogP contribution in [0.5, 0.6) is 0 Å². The Bertz CT molecular complexity index is 802. The van der Waals surface area contributed by atoms with E-state index >= 15 is 0 Å². The van der Waals surface area contributed by atoms with E-state index in [-0.39, 0.29) is 24.1 Å². The molecule has 2 aromatic carbocycles. The molecule has 0 aliphatic carbocycles. The molecular weight excluding hydrogens is 338 g/mol. The van der Waals surface area contributed by atoms with Crippen LogP contribution in [0, 0.1) is 11.6 Å². The second-order valence-corrected chi connectivity index (χ2v) is 6.27. The molecule has 0 aromatic heterocycles. The summed E-state index contributed by atoms with van der Waals surface area (Å²) in [7, 11) is 0. The molecule has 1 aliphatic heterocycles. The molecular formula is C20H20F2N2O2. The summed E-state index contributed by atoms with van der Waals surface area (Å²) in [4.78, 5) is 28.0. The van der Waals surface area contributed by atoms with Crippen molar-refractivity contribution in [1.82, 2.24) is 9.80 Å². The van der Waals surface area contributed by atoms with E-state index in [9.17, 15) is 18.4 Å². The molecule has 0 spiro atoms. The van der Waals surface area contributed by atoms with Gasteiger partial charge < -0.3 is 9.80 Å². The number of nitrogens with zero attached hydrogens (tertiary/aromatic N) is 2. The number of rotatable bonds is 4. The summed E-state index contributed by atoms with van der Waals surface area (Å²) >= 11 is 0. The lowest BCUT2D eigenvalue weighted by molar-refractivity contribution is -0.132. The van der Waals surface area contributed by atoms with Gasteiger partial charge in [-0.25, -0.2) is 8.78 Å². The predicted octanol–water partition coefficient (Wildman–Crippen LogP) is 2.88. The minimum absolute atomic E-state index is 0.0499. The molecule has 136 valence electrons. The van der Waals surface area contributed by atoms with Crippen LogP contribution in [0.25, 0.3) is 0 Å². The van der Waals surface area contributed by atoms with Crippen molar-refractivity contribution in [3.8, 4) is 0 Å². The summed E-state index contributed by atoms with van der Waals surface area (Å²) in [5.41, 5.74) is 0.838. The van der Waals surface area contributed by atoms with Crippen LogP contribution >= 0.6 is 0 Å². The number of halogens is 2. The zero-order valence-corrected chi connectivity index (χ0v) is 14.3. The SMILES string of the molecule is O=C(CCc1ccccc1F)N1CCN(C(=O)c2cccc(F)c2)CC1. The minimum atomic E-state index is -0.446. The van der Waals surface area contributed by atoms with Crippen molar-refractivity contribution in [2.75, 3.05) is 26.2 Å². The second-order valence-electron chi connectivity index (χ2n) is 6.27. The number of hydrogen-bond acceptors (Lipinski definition) is 2. The maximum atomic E-state index is 13.6. The maximum absolute atomic E-state index is 13.6. The lowest BCUT2D eigenvalue weighted by Gasteiger charge is -2.35. The molecule has 1 saturated heterocycles. The van der Waals surface area contributed by atoms with Gasteiger partial charge in [-0.2, -0.15) is 0 Å². The molecule has 0 saturated carbocycles. The molecule has 1 heterocycles. The van der Waals surface area contributed by atoms with Crippen LogP contribution in [-0.2, 0) is 11.2 Å². The summed E-state index contributed by atoms with van der Waals surface area (Å²) in [6.45, 7) is 1.66. The zero-order valence-electron chi connectivity index (χ0n) is 14.3. The molecule has 1 fully saturated rings. The van der Waals surface area contributed by atoms with Gasteiger partial charge in [0.1, 0.15) is 11.6 Å². The highest BCUT2D eigenvalue weighted by Gasteiger charge is 2.24. The van der Waals surface area contributed by atoms with Crippen LogP contribution in [0.15, 0.2) is 48.5 Å². The van der Waals surface area contributed by atoms with Gasteiger partial charge in [0.2, 0.25) is 5.91 Å². The fourth-order valence-corrected chi connectivity index (χ4v) is 3.06. The zero-order chi connectivity index (χ0) is 18.5. The van der Waals surface area contributed by atoms with Gasteiger partial charge >= 0.3 is 0 Å². The monoisotopic (exact) mass is 358 g/mol. The van der Waals surface area contributed by atoms with Gasteiger partial charge in [-0.1, -0.05) is 24.3 Å². The van der Waals surface area contributed by atoms with Crippen molar-refractivity contribution < 1.29 is 18.4 Å². The summed E-state index contributed by atoms with van der Waals surface area (Å²) in [6.07, 6.45) is 0.590. The van der Waals surface area contributed by atoms with E-state index < -0.39 is 5.82 Å². The van der Waals surface area contributed by atoms with Crippen LogP contribution in [0.3, 0.4) is 0 Å². The van der Waals surface area contributed by atoms with Gasteiger partial charge in [0.25, 0.3) is 5.91 Å². The van der Waals surface area contributed by atoms with E-state index in [1.54, 1.807) is 34.1 Å². The lowest BCUT2D eigenvalue weighted by Crippen LogP contribution is -2.50. The molecule has 0 radical (unpaired) electrons. The number of hydrogen-bond donors (Lipinski definition) is 0. The third-order valence-electron chi connectivity index (χ3n) is 4.56. The maximum Gasteiger partial charge on any atom is 0.254 e. The second kappa shape index (κ2) is 8.08. The van der Waals surface area contributed by atoms with Crippen LogP contribution in [-0.4, -0.2) is 47.8 Å². The molecule has 0 N–H and O–H groups in total. The van der Waals surface area contributed by atoms with E-state index in [0.717, 1.165) is 0 Å². The van der Waals surface area contributed by atoms with E-state index in [4.69, 9.17) is 0 Å². The molecule has 0 atom stereocenters. The Morgan fingerprint density at radius 2 is 1.58 bits per heavy atom. The third kappa shape index (κ3) is 4.25. The average molecular weight is 358 g/mol. The molecule has 6 heteroatoms. The molecule has 0 unspecified atom stereocenters. The first-order valence-corrected chi connectivity index (χ1v) is 8.60. The van der Waals surface area contributed by atoms with E-state index in [0.29, 0.717) is 43.7 Å². The highest BCUT2D eigenvalue weighted by atomic mass is 19.1. The van der Waals surface area contributed by atoms with Crippen molar-refractivity contribution in [3.05, 3.63) is 71.3 Å². The largest absolute Gasteiger partial charge is 0.339 e. The average Bonchev–Trinajstić information content (AvgIpc) is 2.66. The summed E-state index contributed by atoms with van der Waals surface area (Å²) in [6, 6.07) is 12.0. The topological polar surface area (TPSA) is 40.6 Å². The number of aryl methyl sites for hydroxylation is 1. The van der Waals surface area contributed by atoms with Crippen molar-refractivity contribution in [3.63, 3.8) is 0 Å². The van der Waals surface area contributed by atoms with Crippen LogP contribution in [0.4, 0.5) is 8.78 Å².